The van der Waals surface area contributed by atoms with E-state index in [-0.39, 0.29) is 0 Å². The molecule has 0 fully saturated rings. The molecule has 0 spiro atoms. The van der Waals surface area contributed by atoms with Crippen molar-refractivity contribution in [3.63, 3.8) is 0 Å². The number of nitrogens with one attached hydrogen (secondary N) is 1. The first-order chi connectivity index (χ1) is 10.2. The quantitative estimate of drug-likeness (QED) is 0.628. The maximum Gasteiger partial charge on any atom is 0.234 e. The van der Waals surface area contributed by atoms with Gasteiger partial charge in [-0.15, -0.1) is 0 Å². The van der Waals surface area contributed by atoms with Gasteiger partial charge in [-0.2, -0.15) is 5.10 Å². The van der Waals surface area contributed by atoms with Gasteiger partial charge in [0.15, 0.2) is 0 Å². The monoisotopic (exact) mass is 299 g/mol. The molecule has 1 aliphatic rings. The van der Waals surface area contributed by atoms with Gasteiger partial charge in [0, 0.05) is 23.2 Å². The van der Waals surface area contributed by atoms with E-state index in [1.807, 2.05) is 42.5 Å². The third kappa shape index (κ3) is 2.61. The maximum atomic E-state index is 6.13. The summed E-state index contributed by atoms with van der Waals surface area (Å²) in [5, 5.41) is 6.84. The molecule has 0 saturated carbocycles. The molecule has 0 unspecified atom stereocenters. The van der Waals surface area contributed by atoms with Gasteiger partial charge in [-0.05, 0) is 18.2 Å². The number of hydrazine groups is 1. The molecule has 21 heavy (non-hydrogen) atoms. The van der Waals surface area contributed by atoms with E-state index >= 15 is 0 Å². The summed E-state index contributed by atoms with van der Waals surface area (Å²) in [6, 6.07) is 15.4. The average molecular weight is 300 g/mol. The number of hydrazone groups is 1. The topological polar surface area (TPSA) is 66.0 Å². The van der Waals surface area contributed by atoms with Gasteiger partial charge in [0.25, 0.3) is 0 Å². The third-order valence-corrected chi connectivity index (χ3v) is 3.41. The average Bonchev–Trinajstić information content (AvgIpc) is 2.65. The highest BCUT2D eigenvalue weighted by molar-refractivity contribution is 6.31. The van der Waals surface area contributed by atoms with Crippen LogP contribution in [0, 0.1) is 0 Å². The Bertz CT molecular complexity index is 724. The largest absolute Gasteiger partial charge is 0.293 e. The highest BCUT2D eigenvalue weighted by atomic mass is 35.5. The molecule has 3 N–H and O–H groups in total. The van der Waals surface area contributed by atoms with Gasteiger partial charge in [0.1, 0.15) is 5.71 Å². The highest BCUT2D eigenvalue weighted by Gasteiger charge is 2.19. The molecule has 3 rings (SSSR count). The van der Waals surface area contributed by atoms with E-state index in [1.165, 1.54) is 0 Å². The Hall–Kier alpha value is -2.37. The van der Waals surface area contributed by atoms with Crippen LogP contribution in [0.5, 0.6) is 0 Å². The predicted octanol–water partition coefficient (Wildman–Crippen LogP) is 2.49. The Balaban J connectivity index is 2.24. The molecule has 0 atom stereocenters. The first kappa shape index (κ1) is 13.6. The van der Waals surface area contributed by atoms with E-state index in [0.29, 0.717) is 11.0 Å². The molecule has 6 heteroatoms. The number of nitrogens with two attached hydrogens (primary N) is 1. The summed E-state index contributed by atoms with van der Waals surface area (Å²) in [7, 11) is 1.79. The fourth-order valence-corrected chi connectivity index (χ4v) is 2.34. The first-order valence-corrected chi connectivity index (χ1v) is 6.80. The minimum absolute atomic E-state index is 0.463. The lowest BCUT2D eigenvalue weighted by atomic mass is 10.0. The van der Waals surface area contributed by atoms with Crippen molar-refractivity contribution in [3.8, 4) is 0 Å². The smallest absolute Gasteiger partial charge is 0.234 e. The van der Waals surface area contributed by atoms with E-state index in [9.17, 15) is 0 Å². The van der Waals surface area contributed by atoms with E-state index in [0.717, 1.165) is 22.5 Å². The zero-order valence-electron chi connectivity index (χ0n) is 11.4. The summed E-state index contributed by atoms with van der Waals surface area (Å²) < 4.78 is 0. The fraction of sp³-hybridized carbons (Fsp3) is 0.0667. The number of nitrogens with zero attached hydrogens (tertiary/aromatic N) is 3. The third-order valence-electron chi connectivity index (χ3n) is 3.17. The zero-order chi connectivity index (χ0) is 14.8. The van der Waals surface area contributed by atoms with Crippen LogP contribution < -0.4 is 11.3 Å². The minimum Gasteiger partial charge on any atom is -0.293 e. The Kier molecular flexibility index (Phi) is 3.60. The van der Waals surface area contributed by atoms with Gasteiger partial charge in [-0.1, -0.05) is 41.9 Å². The van der Waals surface area contributed by atoms with Gasteiger partial charge in [0.2, 0.25) is 5.96 Å². The van der Waals surface area contributed by atoms with Crippen molar-refractivity contribution in [2.75, 3.05) is 7.05 Å². The lowest BCUT2D eigenvalue weighted by Crippen LogP contribution is -2.40. The SMILES string of the molecule is CN1N=C(c2ccccc2)c2cc(Cl)ccc2N=C1NN. The Labute approximate surface area is 127 Å². The van der Waals surface area contributed by atoms with Crippen molar-refractivity contribution in [1.29, 1.82) is 0 Å². The number of guanidine groups is 1. The minimum atomic E-state index is 0.463. The Morgan fingerprint density at radius 3 is 2.62 bits per heavy atom. The number of fused-ring (bicyclic) bond motifs is 1. The summed E-state index contributed by atoms with van der Waals surface area (Å²) in [5.74, 6) is 5.98. The molecule has 2 aromatic carbocycles. The molecular formula is C15H14ClN5. The van der Waals surface area contributed by atoms with Gasteiger partial charge in [-0.3, -0.25) is 5.43 Å². The predicted molar refractivity (Wildman–Crippen MR) is 85.7 cm³/mol. The van der Waals surface area contributed by atoms with Crippen molar-refractivity contribution in [2.24, 2.45) is 15.9 Å². The van der Waals surface area contributed by atoms with Crippen LogP contribution in [0.1, 0.15) is 11.1 Å². The Morgan fingerprint density at radius 1 is 1.14 bits per heavy atom. The molecule has 2 aromatic rings. The molecular weight excluding hydrogens is 286 g/mol. The second-order valence-electron chi connectivity index (χ2n) is 4.58. The van der Waals surface area contributed by atoms with Crippen molar-refractivity contribution in [1.82, 2.24) is 10.4 Å². The van der Waals surface area contributed by atoms with Crippen LogP contribution >= 0.6 is 11.6 Å². The van der Waals surface area contributed by atoms with Crippen LogP contribution in [0.15, 0.2) is 58.6 Å². The number of aliphatic imine (C=N–C) groups is 1. The Morgan fingerprint density at radius 2 is 1.90 bits per heavy atom. The summed E-state index contributed by atoms with van der Waals surface area (Å²) in [6.45, 7) is 0. The standard InChI is InChI=1S/C15H14ClN5/c1-21-15(19-17)18-13-8-7-11(16)9-12(13)14(20-21)10-5-3-2-4-6-10/h2-9H,17H2,1H3,(H,18,19). The van der Waals surface area contributed by atoms with Crippen LogP contribution in [0.2, 0.25) is 5.02 Å². The molecule has 1 aliphatic heterocycles. The molecule has 5 nitrogen and oxygen atoms in total. The molecule has 0 aromatic heterocycles. The van der Waals surface area contributed by atoms with Gasteiger partial charge in [-0.25, -0.2) is 15.8 Å². The van der Waals surface area contributed by atoms with Crippen LogP contribution in [0.25, 0.3) is 0 Å². The number of benzene rings is 2. The summed E-state index contributed by atoms with van der Waals surface area (Å²) >= 11 is 6.13. The van der Waals surface area contributed by atoms with E-state index < -0.39 is 0 Å². The molecule has 1 heterocycles. The van der Waals surface area contributed by atoms with Crippen molar-refractivity contribution in [3.05, 3.63) is 64.7 Å². The van der Waals surface area contributed by atoms with Crippen molar-refractivity contribution in [2.45, 2.75) is 0 Å². The zero-order valence-corrected chi connectivity index (χ0v) is 12.2. The van der Waals surface area contributed by atoms with Gasteiger partial charge < -0.3 is 0 Å². The number of hydrogen-bond donors (Lipinski definition) is 2. The van der Waals surface area contributed by atoms with Gasteiger partial charge in [0.05, 0.1) is 5.69 Å². The molecule has 0 aliphatic carbocycles. The number of hydrogen-bond acceptors (Lipinski definition) is 5. The molecule has 0 bridgehead atoms. The molecule has 106 valence electrons. The molecule has 0 radical (unpaired) electrons. The van der Waals surface area contributed by atoms with Crippen LogP contribution in [-0.4, -0.2) is 23.7 Å². The second kappa shape index (κ2) is 5.55. The van der Waals surface area contributed by atoms with Gasteiger partial charge >= 0.3 is 0 Å². The highest BCUT2D eigenvalue weighted by Crippen LogP contribution is 2.28. The van der Waals surface area contributed by atoms with Crippen LogP contribution in [0.3, 0.4) is 0 Å². The number of rotatable bonds is 1. The molecule has 0 saturated heterocycles. The maximum absolute atomic E-state index is 6.13. The van der Waals surface area contributed by atoms with Crippen molar-refractivity contribution >= 4 is 29.0 Å². The fourth-order valence-electron chi connectivity index (χ4n) is 2.17. The van der Waals surface area contributed by atoms with E-state index in [2.05, 4.69) is 15.5 Å². The normalized spacial score (nSPS) is 14.0. The van der Waals surface area contributed by atoms with Crippen LogP contribution in [-0.2, 0) is 0 Å². The summed E-state index contributed by atoms with van der Waals surface area (Å²) in [6.07, 6.45) is 0. The lowest BCUT2D eigenvalue weighted by Gasteiger charge is -2.14. The van der Waals surface area contributed by atoms with E-state index in [4.69, 9.17) is 17.4 Å². The molecule has 0 amide bonds. The van der Waals surface area contributed by atoms with Crippen LogP contribution in [0.4, 0.5) is 5.69 Å². The van der Waals surface area contributed by atoms with Crippen molar-refractivity contribution < 1.29 is 0 Å². The number of halogens is 1. The van der Waals surface area contributed by atoms with E-state index in [1.54, 1.807) is 18.1 Å². The summed E-state index contributed by atoms with van der Waals surface area (Å²) in [5.41, 5.74) is 5.97. The second-order valence-corrected chi connectivity index (χ2v) is 5.02. The summed E-state index contributed by atoms with van der Waals surface area (Å²) in [4.78, 5) is 4.49. The first-order valence-electron chi connectivity index (χ1n) is 6.42. The lowest BCUT2D eigenvalue weighted by molar-refractivity contribution is 0.522.